The lowest BCUT2D eigenvalue weighted by molar-refractivity contribution is -0.143. The van der Waals surface area contributed by atoms with E-state index in [-0.39, 0.29) is 5.92 Å². The zero-order chi connectivity index (χ0) is 13.7. The Morgan fingerprint density at radius 3 is 1.94 bits per heavy atom. The van der Waals surface area contributed by atoms with Gasteiger partial charge < -0.3 is 21.3 Å². The summed E-state index contributed by atoms with van der Waals surface area (Å²) in [6.45, 7) is 6.57. The van der Waals surface area contributed by atoms with E-state index in [0.717, 1.165) is 0 Å². The molecule has 0 aromatic heterocycles. The predicted molar refractivity (Wildman–Crippen MR) is 63.2 cm³/mol. The quantitative estimate of drug-likeness (QED) is 0.507. The molecule has 0 radical (unpaired) electrons. The summed E-state index contributed by atoms with van der Waals surface area (Å²) < 4.78 is 0. The average Bonchev–Trinajstić information content (AvgIpc) is 2.22. The van der Waals surface area contributed by atoms with Gasteiger partial charge in [-0.3, -0.25) is 4.79 Å². The fraction of sp³-hybridized carbons (Fsp3) is 0.818. The van der Waals surface area contributed by atoms with Crippen molar-refractivity contribution in [1.29, 1.82) is 0 Å². The maximum absolute atomic E-state index is 11.7. The van der Waals surface area contributed by atoms with Crippen LogP contribution >= 0.6 is 0 Å². The molecule has 6 heteroatoms. The van der Waals surface area contributed by atoms with E-state index in [1.165, 1.54) is 6.92 Å². The van der Waals surface area contributed by atoms with Crippen molar-refractivity contribution in [3.63, 3.8) is 0 Å². The molecule has 0 fully saturated rings. The summed E-state index contributed by atoms with van der Waals surface area (Å²) in [5, 5.41) is 20.6. The van der Waals surface area contributed by atoms with Gasteiger partial charge in [0.1, 0.15) is 6.04 Å². The highest BCUT2D eigenvalue weighted by atomic mass is 16.4. The largest absolute Gasteiger partial charge is 0.480 e. The van der Waals surface area contributed by atoms with Crippen molar-refractivity contribution in [3.8, 4) is 0 Å². The molecule has 0 bridgehead atoms. The molecule has 1 unspecified atom stereocenters. The Balaban J connectivity index is 4.56. The third-order valence-corrected chi connectivity index (χ3v) is 2.86. The standard InChI is InChI=1S/C11H22N2O4/c1-5(2)9(11(16)17)13-10(15)8(12)6(3)7(4)14/h5-9,14H,12H2,1-4H3,(H,13,15)(H,16,17)/t6-,7?,8-,9-/m0/s1. The summed E-state index contributed by atoms with van der Waals surface area (Å²) >= 11 is 0. The molecule has 5 N–H and O–H groups in total. The summed E-state index contributed by atoms with van der Waals surface area (Å²) in [5.41, 5.74) is 5.65. The van der Waals surface area contributed by atoms with E-state index < -0.39 is 36.0 Å². The molecule has 4 atom stereocenters. The lowest BCUT2D eigenvalue weighted by Gasteiger charge is -2.25. The molecule has 0 aromatic rings. The van der Waals surface area contributed by atoms with Gasteiger partial charge in [0.2, 0.25) is 5.91 Å². The van der Waals surface area contributed by atoms with Crippen molar-refractivity contribution in [2.45, 2.75) is 45.9 Å². The van der Waals surface area contributed by atoms with Gasteiger partial charge in [0.15, 0.2) is 0 Å². The third-order valence-electron chi connectivity index (χ3n) is 2.86. The van der Waals surface area contributed by atoms with Crippen LogP contribution in [0, 0.1) is 11.8 Å². The molecule has 6 nitrogen and oxygen atoms in total. The monoisotopic (exact) mass is 246 g/mol. The van der Waals surface area contributed by atoms with Gasteiger partial charge in [0.05, 0.1) is 12.1 Å². The molecule has 100 valence electrons. The lowest BCUT2D eigenvalue weighted by atomic mass is 9.96. The molecular formula is C11H22N2O4. The zero-order valence-electron chi connectivity index (χ0n) is 10.7. The van der Waals surface area contributed by atoms with Crippen LogP contribution in [-0.4, -0.2) is 40.3 Å². The highest BCUT2D eigenvalue weighted by Crippen LogP contribution is 2.08. The van der Waals surface area contributed by atoms with Crippen molar-refractivity contribution in [3.05, 3.63) is 0 Å². The van der Waals surface area contributed by atoms with Crippen molar-refractivity contribution < 1.29 is 19.8 Å². The Bertz CT molecular complexity index is 279. The second kappa shape index (κ2) is 6.56. The highest BCUT2D eigenvalue weighted by Gasteiger charge is 2.29. The Labute approximate surface area is 101 Å². The van der Waals surface area contributed by atoms with E-state index in [4.69, 9.17) is 10.8 Å². The summed E-state index contributed by atoms with van der Waals surface area (Å²) in [5.74, 6) is -2.31. The van der Waals surface area contributed by atoms with Crippen molar-refractivity contribution in [2.24, 2.45) is 17.6 Å². The van der Waals surface area contributed by atoms with Crippen molar-refractivity contribution in [1.82, 2.24) is 5.32 Å². The number of rotatable bonds is 6. The molecule has 1 amide bonds. The molecule has 0 saturated carbocycles. The number of aliphatic hydroxyl groups excluding tert-OH is 1. The van der Waals surface area contributed by atoms with Gasteiger partial charge in [0, 0.05) is 5.92 Å². The second-order valence-electron chi connectivity index (χ2n) is 4.69. The van der Waals surface area contributed by atoms with Gasteiger partial charge in [-0.1, -0.05) is 20.8 Å². The molecule has 0 heterocycles. The molecule has 0 saturated heterocycles. The number of carbonyl (C=O) groups is 2. The van der Waals surface area contributed by atoms with Gasteiger partial charge in [-0.05, 0) is 12.8 Å². The van der Waals surface area contributed by atoms with Crippen LogP contribution in [0.4, 0.5) is 0 Å². The number of nitrogens with two attached hydrogens (primary N) is 1. The molecule has 0 rings (SSSR count). The van der Waals surface area contributed by atoms with Crippen LogP contribution in [0.25, 0.3) is 0 Å². The fourth-order valence-corrected chi connectivity index (χ4v) is 1.30. The van der Waals surface area contributed by atoms with Crippen LogP contribution in [0.5, 0.6) is 0 Å². The normalized spacial score (nSPS) is 18.3. The summed E-state index contributed by atoms with van der Waals surface area (Å²) in [4.78, 5) is 22.6. The zero-order valence-corrected chi connectivity index (χ0v) is 10.7. The third kappa shape index (κ3) is 4.70. The first-order valence-corrected chi connectivity index (χ1v) is 5.65. The first-order valence-electron chi connectivity index (χ1n) is 5.65. The number of carboxylic acid groups (broad SMARTS) is 1. The number of hydrogen-bond donors (Lipinski definition) is 4. The number of aliphatic hydroxyl groups is 1. The van der Waals surface area contributed by atoms with Crippen LogP contribution < -0.4 is 11.1 Å². The Morgan fingerprint density at radius 2 is 1.65 bits per heavy atom. The minimum atomic E-state index is -1.09. The summed E-state index contributed by atoms with van der Waals surface area (Å²) in [6.07, 6.45) is -0.724. The van der Waals surface area contributed by atoms with Crippen molar-refractivity contribution in [2.75, 3.05) is 0 Å². The summed E-state index contributed by atoms with van der Waals surface area (Å²) in [6, 6.07) is -1.88. The number of nitrogens with one attached hydrogen (secondary N) is 1. The number of aliphatic carboxylic acids is 1. The molecular weight excluding hydrogens is 224 g/mol. The van der Waals surface area contributed by atoms with Crippen LogP contribution in [0.1, 0.15) is 27.7 Å². The molecule has 0 aliphatic carbocycles. The van der Waals surface area contributed by atoms with Gasteiger partial charge >= 0.3 is 5.97 Å². The molecule has 17 heavy (non-hydrogen) atoms. The van der Waals surface area contributed by atoms with Crippen LogP contribution in [0.3, 0.4) is 0 Å². The van der Waals surface area contributed by atoms with E-state index in [0.29, 0.717) is 0 Å². The van der Waals surface area contributed by atoms with E-state index in [2.05, 4.69) is 5.32 Å². The minimum Gasteiger partial charge on any atom is -0.480 e. The van der Waals surface area contributed by atoms with Crippen molar-refractivity contribution >= 4 is 11.9 Å². The smallest absolute Gasteiger partial charge is 0.326 e. The minimum absolute atomic E-state index is 0.231. The predicted octanol–water partition coefficient (Wildman–Crippen LogP) is -0.444. The first kappa shape index (κ1) is 15.9. The first-order chi connectivity index (χ1) is 7.68. The van der Waals surface area contributed by atoms with Gasteiger partial charge in [0.25, 0.3) is 0 Å². The van der Waals surface area contributed by atoms with E-state index in [9.17, 15) is 14.7 Å². The number of carbonyl (C=O) groups excluding carboxylic acids is 1. The van der Waals surface area contributed by atoms with E-state index in [1.54, 1.807) is 20.8 Å². The Morgan fingerprint density at radius 1 is 1.18 bits per heavy atom. The Hall–Kier alpha value is -1.14. The van der Waals surface area contributed by atoms with Crippen LogP contribution in [0.15, 0.2) is 0 Å². The Kier molecular flexibility index (Phi) is 6.12. The fourth-order valence-electron chi connectivity index (χ4n) is 1.30. The lowest BCUT2D eigenvalue weighted by Crippen LogP contribution is -2.53. The second-order valence-corrected chi connectivity index (χ2v) is 4.69. The topological polar surface area (TPSA) is 113 Å². The summed E-state index contributed by atoms with van der Waals surface area (Å²) in [7, 11) is 0. The van der Waals surface area contributed by atoms with E-state index in [1.807, 2.05) is 0 Å². The number of carboxylic acids is 1. The van der Waals surface area contributed by atoms with Crippen LogP contribution in [0.2, 0.25) is 0 Å². The maximum Gasteiger partial charge on any atom is 0.326 e. The molecule has 0 aliphatic rings. The maximum atomic E-state index is 11.7. The van der Waals surface area contributed by atoms with Crippen LogP contribution in [-0.2, 0) is 9.59 Å². The van der Waals surface area contributed by atoms with Gasteiger partial charge in [-0.15, -0.1) is 0 Å². The molecule has 0 spiro atoms. The van der Waals surface area contributed by atoms with Gasteiger partial charge in [-0.25, -0.2) is 4.79 Å². The SMILES string of the molecule is CC(C)[C@H](NC(=O)[C@@H](N)[C@@H](C)C(C)O)C(=O)O. The van der Waals surface area contributed by atoms with E-state index >= 15 is 0 Å². The van der Waals surface area contributed by atoms with Gasteiger partial charge in [-0.2, -0.15) is 0 Å². The average molecular weight is 246 g/mol. The highest BCUT2D eigenvalue weighted by molar-refractivity contribution is 5.87. The number of amides is 1. The number of hydrogen-bond acceptors (Lipinski definition) is 4. The molecule has 0 aromatic carbocycles. The molecule has 0 aliphatic heterocycles.